The summed E-state index contributed by atoms with van der Waals surface area (Å²) in [6.45, 7) is 7.76. The van der Waals surface area contributed by atoms with Crippen LogP contribution in [0.2, 0.25) is 0 Å². The third kappa shape index (κ3) is 9.92. The minimum absolute atomic E-state index is 0.00829. The molecule has 17 heteroatoms. The number of amides is 1. The molecule has 0 spiro atoms. The molecule has 1 amide bonds. The topological polar surface area (TPSA) is 154 Å². The van der Waals surface area contributed by atoms with Crippen LogP contribution in [0, 0.1) is 24.6 Å². The van der Waals surface area contributed by atoms with Crippen LogP contribution < -0.4 is 15.0 Å². The Kier molecular flexibility index (Phi) is 13.5. The van der Waals surface area contributed by atoms with Gasteiger partial charge in [0.1, 0.15) is 5.78 Å². The maximum atomic E-state index is 15.0. The van der Waals surface area contributed by atoms with E-state index in [1.807, 2.05) is 47.9 Å². The summed E-state index contributed by atoms with van der Waals surface area (Å²) in [5.41, 5.74) is 3.43. The number of ether oxygens (including phenoxy) is 1. The Morgan fingerprint density at radius 3 is 2.64 bits per heavy atom. The number of carbonyl (C=O) groups is 3. The molecule has 0 atom stereocenters. The number of hydrogen-bond acceptors (Lipinski definition) is 14. The van der Waals surface area contributed by atoms with Crippen LogP contribution in [0.25, 0.3) is 10.2 Å². The van der Waals surface area contributed by atoms with E-state index in [9.17, 15) is 23.9 Å². The number of piperazine rings is 1. The van der Waals surface area contributed by atoms with Gasteiger partial charge in [0, 0.05) is 60.7 Å². The van der Waals surface area contributed by atoms with Gasteiger partial charge in [-0.25, -0.2) is 19.2 Å². The fraction of sp³-hybridized carbons (Fsp3) is 0.390. The average Bonchev–Trinajstić information content (AvgIpc) is 3.85. The first-order valence-corrected chi connectivity index (χ1v) is 22.0. The lowest BCUT2D eigenvalue weighted by Gasteiger charge is -2.33. The van der Waals surface area contributed by atoms with Gasteiger partial charge in [-0.1, -0.05) is 42.2 Å². The largest absolute Gasteiger partial charge is 0.491 e. The molecule has 5 heterocycles. The van der Waals surface area contributed by atoms with Crippen molar-refractivity contribution in [3.63, 3.8) is 0 Å². The molecular weight excluding hydrogens is 800 g/mol. The number of aryl methyl sites for hydroxylation is 1. The third-order valence-corrected chi connectivity index (χ3v) is 13.0. The maximum Gasteiger partial charge on any atom is 0.355 e. The smallest absolute Gasteiger partial charge is 0.355 e. The minimum Gasteiger partial charge on any atom is -0.491 e. The molecule has 0 bridgehead atoms. The van der Waals surface area contributed by atoms with Gasteiger partial charge in [0.2, 0.25) is 5.91 Å². The van der Waals surface area contributed by atoms with Crippen LogP contribution in [0.15, 0.2) is 42.5 Å². The van der Waals surface area contributed by atoms with Crippen molar-refractivity contribution in [2.24, 2.45) is 0 Å². The monoisotopic (exact) mass is 842 g/mol. The van der Waals surface area contributed by atoms with Crippen molar-refractivity contribution in [1.82, 2.24) is 30.0 Å². The lowest BCUT2D eigenvalue weighted by molar-refractivity contribution is -0.129. The van der Waals surface area contributed by atoms with Gasteiger partial charge < -0.3 is 25.0 Å². The number of halogens is 1. The Bertz CT molecular complexity index is 2340. The number of carbonyl (C=O) groups excluding carboxylic acids is 2. The Labute approximate surface area is 348 Å². The van der Waals surface area contributed by atoms with Crippen LogP contribution in [-0.4, -0.2) is 110 Å². The summed E-state index contributed by atoms with van der Waals surface area (Å²) in [5.74, 6) is 6.77. The number of nitrogens with one attached hydrogen (secondary N) is 1. The average molecular weight is 843 g/mol. The molecule has 1 saturated heterocycles. The Morgan fingerprint density at radius 1 is 1.03 bits per heavy atom. The zero-order chi connectivity index (χ0) is 40.6. The zero-order valence-corrected chi connectivity index (χ0v) is 34.7. The van der Waals surface area contributed by atoms with Gasteiger partial charge in [0.05, 0.1) is 34.9 Å². The number of nitrogens with zero attached hydrogens (tertiary/aromatic N) is 7. The van der Waals surface area contributed by atoms with E-state index in [0.29, 0.717) is 97.2 Å². The number of carboxylic acid groups (broad SMARTS) is 1. The highest BCUT2D eigenvalue weighted by atomic mass is 32.2. The van der Waals surface area contributed by atoms with E-state index >= 15 is 0 Å². The van der Waals surface area contributed by atoms with Crippen molar-refractivity contribution in [3.05, 3.63) is 75.5 Å². The number of benzene rings is 2. The molecule has 2 aliphatic heterocycles. The van der Waals surface area contributed by atoms with Crippen LogP contribution in [0.5, 0.6) is 5.75 Å². The molecule has 2 N–H and O–H groups in total. The molecule has 0 unspecified atom stereocenters. The highest BCUT2D eigenvalue weighted by Crippen LogP contribution is 2.39. The predicted molar refractivity (Wildman–Crippen MR) is 227 cm³/mol. The fourth-order valence-corrected chi connectivity index (χ4v) is 9.54. The van der Waals surface area contributed by atoms with Crippen LogP contribution in [0.4, 0.5) is 26.3 Å². The first-order valence-electron chi connectivity index (χ1n) is 19.2. The first-order chi connectivity index (χ1) is 28.2. The highest BCUT2D eigenvalue weighted by molar-refractivity contribution is 8.00. The normalized spacial score (nSPS) is 14.2. The molecule has 0 aliphatic carbocycles. The number of carboxylic acids is 1. The Morgan fingerprint density at radius 2 is 1.86 bits per heavy atom. The van der Waals surface area contributed by atoms with Gasteiger partial charge in [-0.2, -0.15) is 0 Å². The van der Waals surface area contributed by atoms with Gasteiger partial charge in [-0.05, 0) is 62.9 Å². The summed E-state index contributed by atoms with van der Waals surface area (Å²) in [5, 5.41) is 23.7. The van der Waals surface area contributed by atoms with Crippen LogP contribution >= 0.6 is 34.4 Å². The minimum atomic E-state index is -1.11. The van der Waals surface area contributed by atoms with Crippen molar-refractivity contribution >= 4 is 84.2 Å². The second-order valence-electron chi connectivity index (χ2n) is 13.9. The molecule has 2 aromatic carbocycles. The SMILES string of the molecule is CCC(=O)CSCC(=O)N1CCN(CC#Cc2ccc(OCCCc3sc(N4CCCc5c4nnc(Nc4nc6ccccc6s4)c5C)nc3C(=O)O)c(F)c2)CC1. The third-order valence-electron chi connectivity index (χ3n) is 9.91. The maximum absolute atomic E-state index is 15.0. The highest BCUT2D eigenvalue weighted by Gasteiger charge is 2.28. The predicted octanol–water partition coefficient (Wildman–Crippen LogP) is 6.74. The van der Waals surface area contributed by atoms with Gasteiger partial charge in [-0.3, -0.25) is 14.5 Å². The number of fused-ring (bicyclic) bond motifs is 2. The molecule has 58 heavy (non-hydrogen) atoms. The van der Waals surface area contributed by atoms with E-state index < -0.39 is 11.8 Å². The number of aromatic nitrogens is 4. The summed E-state index contributed by atoms with van der Waals surface area (Å²) in [4.78, 5) is 51.9. The second-order valence-corrected chi connectivity index (χ2v) is 16.9. The number of hydrogen-bond donors (Lipinski definition) is 2. The number of anilines is 4. The van der Waals surface area contributed by atoms with Crippen molar-refractivity contribution in [3.8, 4) is 17.6 Å². The van der Waals surface area contributed by atoms with Gasteiger partial charge in [0.15, 0.2) is 39.2 Å². The van der Waals surface area contributed by atoms with Crippen molar-refractivity contribution in [2.75, 3.05) is 67.6 Å². The number of thioether (sulfide) groups is 1. The van der Waals surface area contributed by atoms with Crippen molar-refractivity contribution < 1.29 is 28.6 Å². The number of aromatic carboxylic acids is 1. The summed E-state index contributed by atoms with van der Waals surface area (Å²) in [7, 11) is 0. The zero-order valence-electron chi connectivity index (χ0n) is 32.3. The van der Waals surface area contributed by atoms with Crippen molar-refractivity contribution in [2.45, 2.75) is 46.0 Å². The van der Waals surface area contributed by atoms with Gasteiger partial charge in [-0.15, -0.1) is 33.3 Å². The molecule has 0 radical (unpaired) electrons. The number of Topliss-reactive ketones (excluding diaryl/α,β-unsaturated/α-hetero) is 1. The van der Waals surface area contributed by atoms with E-state index in [1.165, 1.54) is 29.2 Å². The van der Waals surface area contributed by atoms with Gasteiger partial charge >= 0.3 is 5.97 Å². The van der Waals surface area contributed by atoms with E-state index in [0.717, 1.165) is 39.3 Å². The molecule has 302 valence electrons. The molecule has 5 aromatic rings. The Balaban J connectivity index is 0.899. The summed E-state index contributed by atoms with van der Waals surface area (Å²) in [6.07, 6.45) is 2.98. The standard InChI is InChI=1S/C41H43FN8O5S3/c1-3-28(51)24-56-25-35(52)49-20-18-48(19-21-49)16-6-9-27-14-15-32(30(42)23-27)55-22-8-13-34-36(39(53)54)44-41(58-34)50-17-7-10-29-26(2)37(46-47-38(29)50)45-40-43-31-11-4-5-12-33(31)57-40/h4-5,11-12,14-15,23H,3,7-8,10,13,16-22,24-25H2,1-2H3,(H,53,54)(H,43,45,46). The van der Waals surface area contributed by atoms with Crippen LogP contribution in [0.1, 0.15) is 58.2 Å². The second kappa shape index (κ2) is 19.1. The summed E-state index contributed by atoms with van der Waals surface area (Å²) in [6, 6.07) is 12.6. The molecular formula is C41H43FN8O5S3. The molecule has 7 rings (SSSR count). The molecule has 13 nitrogen and oxygen atoms in total. The molecule has 2 aliphatic rings. The van der Waals surface area contributed by atoms with E-state index in [-0.39, 0.29) is 29.7 Å². The fourth-order valence-electron chi connectivity index (χ4n) is 6.67. The molecule has 1 fully saturated rings. The Hall–Kier alpha value is -5.15. The van der Waals surface area contributed by atoms with E-state index in [1.54, 1.807) is 23.5 Å². The first kappa shape index (κ1) is 41.0. The molecule has 3 aromatic heterocycles. The number of para-hydroxylation sites is 1. The lowest BCUT2D eigenvalue weighted by atomic mass is 10.0. The summed E-state index contributed by atoms with van der Waals surface area (Å²) >= 11 is 4.23. The van der Waals surface area contributed by atoms with Gasteiger partial charge in [0.25, 0.3) is 0 Å². The quantitative estimate of drug-likeness (QED) is 0.0846. The van der Waals surface area contributed by atoms with E-state index in [2.05, 4.69) is 42.2 Å². The number of ketones is 1. The number of thiazole rings is 2. The van der Waals surface area contributed by atoms with Crippen LogP contribution in [-0.2, 0) is 22.4 Å². The number of rotatable bonds is 15. The van der Waals surface area contributed by atoms with Crippen LogP contribution in [0.3, 0.4) is 0 Å². The van der Waals surface area contributed by atoms with Crippen molar-refractivity contribution in [1.29, 1.82) is 0 Å². The van der Waals surface area contributed by atoms with E-state index in [4.69, 9.17) is 4.74 Å². The summed E-state index contributed by atoms with van der Waals surface area (Å²) < 4.78 is 21.8. The lowest BCUT2D eigenvalue weighted by Crippen LogP contribution is -2.49. The molecule has 0 saturated carbocycles.